The molecule has 0 saturated heterocycles. The zero-order valence-electron chi connectivity index (χ0n) is 11.7. The van der Waals surface area contributed by atoms with Crippen LogP contribution in [-0.2, 0) is 0 Å². The molecule has 5 heteroatoms. The van der Waals surface area contributed by atoms with Crippen molar-refractivity contribution in [2.45, 2.75) is 26.9 Å². The van der Waals surface area contributed by atoms with E-state index in [1.165, 1.54) is 0 Å². The zero-order valence-corrected chi connectivity index (χ0v) is 11.7. The van der Waals surface area contributed by atoms with Gasteiger partial charge < -0.3 is 10.1 Å². The fourth-order valence-electron chi connectivity index (χ4n) is 1.75. The monoisotopic (exact) mass is 268 g/mol. The second-order valence-electron chi connectivity index (χ2n) is 4.59. The smallest absolute Gasteiger partial charge is 0.146 e. The molecule has 102 valence electrons. The fraction of sp³-hybridized carbons (Fsp3) is 0.267. The predicted molar refractivity (Wildman–Crippen MR) is 77.0 cm³/mol. The molecule has 0 saturated carbocycles. The Kier molecular flexibility index (Phi) is 4.16. The summed E-state index contributed by atoms with van der Waals surface area (Å²) in [5.41, 5.74) is 1.14. The summed E-state index contributed by atoms with van der Waals surface area (Å²) in [5, 5.41) is 12.1. The van der Waals surface area contributed by atoms with E-state index in [-0.39, 0.29) is 6.10 Å². The molecule has 0 aliphatic heterocycles. The Bertz CT molecular complexity index is 647. The summed E-state index contributed by atoms with van der Waals surface area (Å²) in [6, 6.07) is 11.2. The first-order valence-corrected chi connectivity index (χ1v) is 6.37. The summed E-state index contributed by atoms with van der Waals surface area (Å²) >= 11 is 0. The number of nitrogens with zero attached hydrogens (tertiary/aromatic N) is 3. The van der Waals surface area contributed by atoms with E-state index in [4.69, 9.17) is 10.00 Å². The first-order chi connectivity index (χ1) is 9.58. The van der Waals surface area contributed by atoms with Gasteiger partial charge in [-0.1, -0.05) is 12.1 Å². The van der Waals surface area contributed by atoms with Crippen molar-refractivity contribution in [1.82, 2.24) is 9.97 Å². The lowest BCUT2D eigenvalue weighted by Gasteiger charge is -2.15. The van der Waals surface area contributed by atoms with Crippen LogP contribution in [0.5, 0.6) is 5.75 Å². The minimum Gasteiger partial charge on any atom is -0.489 e. The van der Waals surface area contributed by atoms with Crippen LogP contribution in [0.4, 0.5) is 11.5 Å². The van der Waals surface area contributed by atoms with E-state index < -0.39 is 0 Å². The van der Waals surface area contributed by atoms with Crippen LogP contribution in [-0.4, -0.2) is 16.1 Å². The number of hydrogen-bond donors (Lipinski definition) is 1. The van der Waals surface area contributed by atoms with Gasteiger partial charge in [-0.15, -0.1) is 0 Å². The van der Waals surface area contributed by atoms with Crippen LogP contribution >= 0.6 is 0 Å². The largest absolute Gasteiger partial charge is 0.489 e. The third kappa shape index (κ3) is 3.45. The lowest BCUT2D eigenvalue weighted by atomic mass is 10.3. The number of hydrogen-bond acceptors (Lipinski definition) is 5. The van der Waals surface area contributed by atoms with Crippen molar-refractivity contribution in [2.75, 3.05) is 5.32 Å². The van der Waals surface area contributed by atoms with Crippen LogP contribution in [0.15, 0.2) is 30.3 Å². The Morgan fingerprint density at radius 3 is 2.70 bits per heavy atom. The molecular formula is C15H16N4O. The Morgan fingerprint density at radius 2 is 2.00 bits per heavy atom. The molecular weight excluding hydrogens is 252 g/mol. The van der Waals surface area contributed by atoms with Gasteiger partial charge in [0.2, 0.25) is 0 Å². The average molecular weight is 268 g/mol. The summed E-state index contributed by atoms with van der Waals surface area (Å²) in [7, 11) is 0. The quantitative estimate of drug-likeness (QED) is 0.922. The summed E-state index contributed by atoms with van der Waals surface area (Å²) in [5.74, 6) is 1.87. The number of anilines is 2. The highest BCUT2D eigenvalue weighted by atomic mass is 16.5. The van der Waals surface area contributed by atoms with E-state index >= 15 is 0 Å². The molecule has 0 fully saturated rings. The number of aryl methyl sites for hydroxylation is 1. The molecule has 5 nitrogen and oxygen atoms in total. The molecule has 1 aromatic heterocycles. The van der Waals surface area contributed by atoms with E-state index in [1.54, 1.807) is 13.0 Å². The SMILES string of the molecule is Cc1nc(C#N)cc(Nc2ccccc2OC(C)C)n1. The van der Waals surface area contributed by atoms with Gasteiger partial charge in [-0.25, -0.2) is 9.97 Å². The summed E-state index contributed by atoms with van der Waals surface area (Å²) in [4.78, 5) is 8.29. The van der Waals surface area contributed by atoms with E-state index in [9.17, 15) is 0 Å². The molecule has 0 aliphatic carbocycles. The van der Waals surface area contributed by atoms with E-state index in [1.807, 2.05) is 44.2 Å². The number of para-hydroxylation sites is 2. The van der Waals surface area contributed by atoms with Gasteiger partial charge in [0.05, 0.1) is 11.8 Å². The van der Waals surface area contributed by atoms with Gasteiger partial charge in [0, 0.05) is 6.07 Å². The third-order valence-corrected chi connectivity index (χ3v) is 2.46. The van der Waals surface area contributed by atoms with Crippen molar-refractivity contribution in [3.63, 3.8) is 0 Å². The standard InChI is InChI=1S/C15H16N4O/c1-10(2)20-14-7-5-4-6-13(14)19-15-8-12(9-16)17-11(3)18-15/h4-8,10H,1-3H3,(H,17,18,19). The van der Waals surface area contributed by atoms with Crippen molar-refractivity contribution in [1.29, 1.82) is 5.26 Å². The van der Waals surface area contributed by atoms with Crippen LogP contribution < -0.4 is 10.1 Å². The Hall–Kier alpha value is -2.61. The topological polar surface area (TPSA) is 70.8 Å². The van der Waals surface area contributed by atoms with Gasteiger partial charge in [-0.3, -0.25) is 0 Å². The highest BCUT2D eigenvalue weighted by Gasteiger charge is 2.07. The van der Waals surface area contributed by atoms with E-state index in [0.29, 0.717) is 17.3 Å². The molecule has 1 heterocycles. The number of nitriles is 1. The molecule has 0 spiro atoms. The van der Waals surface area contributed by atoms with E-state index in [2.05, 4.69) is 15.3 Å². The third-order valence-electron chi connectivity index (χ3n) is 2.46. The summed E-state index contributed by atoms with van der Waals surface area (Å²) < 4.78 is 5.73. The molecule has 0 aliphatic rings. The molecule has 0 amide bonds. The number of rotatable bonds is 4. The minimum absolute atomic E-state index is 0.0831. The average Bonchev–Trinajstić information content (AvgIpc) is 2.39. The van der Waals surface area contributed by atoms with Crippen LogP contribution in [0.2, 0.25) is 0 Å². The molecule has 1 aromatic carbocycles. The molecule has 2 rings (SSSR count). The Labute approximate surface area is 118 Å². The second kappa shape index (κ2) is 6.02. The van der Waals surface area contributed by atoms with Gasteiger partial charge >= 0.3 is 0 Å². The van der Waals surface area contributed by atoms with Crippen LogP contribution in [0.3, 0.4) is 0 Å². The van der Waals surface area contributed by atoms with Crippen molar-refractivity contribution < 1.29 is 4.74 Å². The normalized spacial score (nSPS) is 10.2. The molecule has 1 N–H and O–H groups in total. The highest BCUT2D eigenvalue weighted by molar-refractivity contribution is 5.64. The maximum atomic E-state index is 8.93. The summed E-state index contributed by atoms with van der Waals surface area (Å²) in [6.07, 6.45) is 0.0831. The molecule has 0 atom stereocenters. The second-order valence-corrected chi connectivity index (χ2v) is 4.59. The number of ether oxygens (including phenoxy) is 1. The van der Waals surface area contributed by atoms with Crippen molar-refractivity contribution in [3.05, 3.63) is 41.9 Å². The van der Waals surface area contributed by atoms with Crippen LogP contribution in [0, 0.1) is 18.3 Å². The Morgan fingerprint density at radius 1 is 1.25 bits per heavy atom. The van der Waals surface area contributed by atoms with Crippen LogP contribution in [0.25, 0.3) is 0 Å². The molecule has 2 aromatic rings. The molecule has 20 heavy (non-hydrogen) atoms. The summed E-state index contributed by atoms with van der Waals surface area (Å²) in [6.45, 7) is 5.70. The maximum Gasteiger partial charge on any atom is 0.146 e. The van der Waals surface area contributed by atoms with Gasteiger partial charge in [0.15, 0.2) is 0 Å². The van der Waals surface area contributed by atoms with Gasteiger partial charge in [-0.2, -0.15) is 5.26 Å². The van der Waals surface area contributed by atoms with E-state index in [0.717, 1.165) is 11.4 Å². The highest BCUT2D eigenvalue weighted by Crippen LogP contribution is 2.27. The number of aromatic nitrogens is 2. The lowest BCUT2D eigenvalue weighted by molar-refractivity contribution is 0.244. The maximum absolute atomic E-state index is 8.93. The van der Waals surface area contributed by atoms with Gasteiger partial charge in [0.1, 0.15) is 29.2 Å². The molecule has 0 radical (unpaired) electrons. The minimum atomic E-state index is 0.0831. The first-order valence-electron chi connectivity index (χ1n) is 6.37. The molecule has 0 unspecified atom stereocenters. The molecule has 0 bridgehead atoms. The fourth-order valence-corrected chi connectivity index (χ4v) is 1.75. The number of nitrogens with one attached hydrogen (secondary N) is 1. The lowest BCUT2D eigenvalue weighted by Crippen LogP contribution is -2.08. The first kappa shape index (κ1) is 13.8. The van der Waals surface area contributed by atoms with Crippen LogP contribution in [0.1, 0.15) is 25.4 Å². The zero-order chi connectivity index (χ0) is 14.5. The van der Waals surface area contributed by atoms with Crippen molar-refractivity contribution in [2.24, 2.45) is 0 Å². The number of benzene rings is 1. The van der Waals surface area contributed by atoms with Gasteiger partial charge in [-0.05, 0) is 32.9 Å². The Balaban J connectivity index is 2.30. The van der Waals surface area contributed by atoms with Crippen molar-refractivity contribution in [3.8, 4) is 11.8 Å². The predicted octanol–water partition coefficient (Wildman–Crippen LogP) is 3.19. The van der Waals surface area contributed by atoms with Crippen molar-refractivity contribution >= 4 is 11.5 Å². The van der Waals surface area contributed by atoms with Gasteiger partial charge in [0.25, 0.3) is 0 Å².